The molecule has 0 aliphatic carbocycles. The van der Waals surface area contributed by atoms with Crippen molar-refractivity contribution in [3.05, 3.63) is 62.9 Å². The van der Waals surface area contributed by atoms with Crippen molar-refractivity contribution in [3.8, 4) is 33.3 Å². The van der Waals surface area contributed by atoms with Gasteiger partial charge in [-0.05, 0) is 49.2 Å². The van der Waals surface area contributed by atoms with Gasteiger partial charge < -0.3 is 9.84 Å². The molecule has 0 unspecified atom stereocenters. The summed E-state index contributed by atoms with van der Waals surface area (Å²) in [7, 11) is 0. The molecule has 0 bridgehead atoms. The summed E-state index contributed by atoms with van der Waals surface area (Å²) in [6.07, 6.45) is 0.834. The summed E-state index contributed by atoms with van der Waals surface area (Å²) >= 11 is 21.8. The fourth-order valence-corrected chi connectivity index (χ4v) is 6.73. The normalized spacial score (nSPS) is 11.4. The van der Waals surface area contributed by atoms with Gasteiger partial charge in [0.2, 0.25) is 5.13 Å². The molecule has 11 heteroatoms. The molecule has 1 N–H and O–H groups in total. The average molecular weight is 597 g/mol. The van der Waals surface area contributed by atoms with Crippen LogP contribution in [0, 0.1) is 6.92 Å². The first kappa shape index (κ1) is 27.8. The molecule has 0 spiro atoms. The number of thioether (sulfide) groups is 1. The number of hydrogen-bond acceptors (Lipinski definition) is 6. The van der Waals surface area contributed by atoms with Crippen LogP contribution in [-0.2, 0) is 0 Å². The van der Waals surface area contributed by atoms with Crippen molar-refractivity contribution >= 4 is 63.9 Å². The van der Waals surface area contributed by atoms with Gasteiger partial charge in [-0.2, -0.15) is 9.78 Å². The van der Waals surface area contributed by atoms with E-state index in [0.717, 1.165) is 16.2 Å². The van der Waals surface area contributed by atoms with Gasteiger partial charge in [-0.25, -0.2) is 9.78 Å². The molecule has 0 fully saturated rings. The van der Waals surface area contributed by atoms with Crippen molar-refractivity contribution in [1.29, 1.82) is 0 Å². The molecule has 0 radical (unpaired) electrons. The zero-order chi connectivity index (χ0) is 26.9. The van der Waals surface area contributed by atoms with Crippen molar-refractivity contribution in [2.24, 2.45) is 0 Å². The molecule has 194 valence electrons. The van der Waals surface area contributed by atoms with E-state index < -0.39 is 5.97 Å². The summed E-state index contributed by atoms with van der Waals surface area (Å²) in [6.45, 7) is 8.46. The second-order valence-electron chi connectivity index (χ2n) is 8.48. The second kappa shape index (κ2) is 11.7. The lowest BCUT2D eigenvalue weighted by molar-refractivity contribution is 0.0688. The standard InChI is InChI=1S/C26H24Cl3N3O3S2/c1-5-8-35-18-10-16(9-17(27)12-18)21-14(4)31-32(23(21)24(33)34)26-30-22(25(37-26)36-13(2)3)15-6-7-19(28)20(29)11-15/h6-7,9-13H,5,8H2,1-4H3,(H,33,34). The monoisotopic (exact) mass is 595 g/mol. The van der Waals surface area contributed by atoms with E-state index in [1.807, 2.05) is 13.0 Å². The number of halogens is 3. The Morgan fingerprint density at radius 2 is 1.89 bits per heavy atom. The Labute approximate surface area is 238 Å². The second-order valence-corrected chi connectivity index (χ2v) is 12.6. The number of aryl methyl sites for hydroxylation is 1. The lowest BCUT2D eigenvalue weighted by Crippen LogP contribution is -2.09. The van der Waals surface area contributed by atoms with Gasteiger partial charge in [-0.1, -0.05) is 73.0 Å². The van der Waals surface area contributed by atoms with Gasteiger partial charge in [0.1, 0.15) is 5.75 Å². The number of carboxylic acid groups (broad SMARTS) is 1. The molecule has 0 atom stereocenters. The third-order valence-corrected chi connectivity index (χ3v) is 8.40. The fourth-order valence-electron chi connectivity index (χ4n) is 3.72. The third-order valence-electron chi connectivity index (χ3n) is 5.20. The zero-order valence-corrected chi connectivity index (χ0v) is 24.4. The zero-order valence-electron chi connectivity index (χ0n) is 20.5. The maximum absolute atomic E-state index is 12.6. The van der Waals surface area contributed by atoms with Crippen molar-refractivity contribution in [2.45, 2.75) is 43.6 Å². The van der Waals surface area contributed by atoms with Crippen LogP contribution in [0.1, 0.15) is 43.4 Å². The van der Waals surface area contributed by atoms with E-state index in [9.17, 15) is 9.90 Å². The first-order valence-electron chi connectivity index (χ1n) is 11.5. The molecular formula is C26H24Cl3N3O3S2. The third kappa shape index (κ3) is 6.10. The van der Waals surface area contributed by atoms with Crippen molar-refractivity contribution < 1.29 is 14.6 Å². The highest BCUT2D eigenvalue weighted by atomic mass is 35.5. The van der Waals surface area contributed by atoms with Crippen LogP contribution in [-0.4, -0.2) is 37.7 Å². The first-order chi connectivity index (χ1) is 17.6. The minimum atomic E-state index is -1.13. The molecule has 0 saturated heterocycles. The number of hydrogen-bond donors (Lipinski definition) is 1. The summed E-state index contributed by atoms with van der Waals surface area (Å²) in [4.78, 5) is 17.4. The van der Waals surface area contributed by atoms with E-state index in [1.54, 1.807) is 49.0 Å². The van der Waals surface area contributed by atoms with Crippen LogP contribution in [0.5, 0.6) is 5.75 Å². The minimum Gasteiger partial charge on any atom is -0.494 e. The van der Waals surface area contributed by atoms with Gasteiger partial charge in [0.05, 0.1) is 32.2 Å². The molecule has 6 nitrogen and oxygen atoms in total. The molecule has 2 aromatic carbocycles. The van der Waals surface area contributed by atoms with Crippen LogP contribution >= 0.6 is 57.9 Å². The molecule has 0 saturated carbocycles. The number of aromatic nitrogens is 3. The van der Waals surface area contributed by atoms with Crippen LogP contribution in [0.3, 0.4) is 0 Å². The maximum Gasteiger partial charge on any atom is 0.355 e. The average Bonchev–Trinajstić information content (AvgIpc) is 3.39. The van der Waals surface area contributed by atoms with E-state index in [4.69, 9.17) is 44.5 Å². The molecule has 2 aromatic heterocycles. The first-order valence-corrected chi connectivity index (χ1v) is 14.3. The quantitative estimate of drug-likeness (QED) is 0.194. The Morgan fingerprint density at radius 1 is 1.14 bits per heavy atom. The van der Waals surface area contributed by atoms with Crippen LogP contribution in [0.4, 0.5) is 0 Å². The summed E-state index contributed by atoms with van der Waals surface area (Å²) in [5.74, 6) is -0.560. The number of carbonyl (C=O) groups is 1. The molecular weight excluding hydrogens is 573 g/mol. The highest BCUT2D eigenvalue weighted by molar-refractivity contribution is 8.01. The van der Waals surface area contributed by atoms with Gasteiger partial charge in [-0.15, -0.1) is 11.8 Å². The predicted molar refractivity (Wildman–Crippen MR) is 154 cm³/mol. The number of carboxylic acids is 1. The Hall–Kier alpha value is -2.23. The fraction of sp³-hybridized carbons (Fsp3) is 0.269. The highest BCUT2D eigenvalue weighted by Gasteiger charge is 2.27. The molecule has 4 rings (SSSR count). The molecule has 0 amide bonds. The topological polar surface area (TPSA) is 77.2 Å². The van der Waals surface area contributed by atoms with E-state index in [1.165, 1.54) is 16.0 Å². The summed E-state index contributed by atoms with van der Waals surface area (Å²) in [5.41, 5.74) is 3.08. The summed E-state index contributed by atoms with van der Waals surface area (Å²) in [6, 6.07) is 10.5. The van der Waals surface area contributed by atoms with Gasteiger partial charge in [0.15, 0.2) is 5.69 Å². The smallest absolute Gasteiger partial charge is 0.355 e. The Bertz CT molecular complexity index is 1470. The Balaban J connectivity index is 1.89. The molecule has 37 heavy (non-hydrogen) atoms. The van der Waals surface area contributed by atoms with Crippen LogP contribution < -0.4 is 4.74 Å². The molecule has 2 heterocycles. The van der Waals surface area contributed by atoms with E-state index in [0.29, 0.717) is 55.1 Å². The van der Waals surface area contributed by atoms with Gasteiger partial charge in [-0.3, -0.25) is 0 Å². The Kier molecular flexibility index (Phi) is 8.76. The lowest BCUT2D eigenvalue weighted by Gasteiger charge is -2.09. The summed E-state index contributed by atoms with van der Waals surface area (Å²) in [5, 5.41) is 16.9. The van der Waals surface area contributed by atoms with Crippen LogP contribution in [0.15, 0.2) is 40.6 Å². The van der Waals surface area contributed by atoms with E-state index in [-0.39, 0.29) is 10.9 Å². The van der Waals surface area contributed by atoms with Crippen molar-refractivity contribution in [1.82, 2.24) is 14.8 Å². The maximum atomic E-state index is 12.6. The van der Waals surface area contributed by atoms with Crippen LogP contribution in [0.25, 0.3) is 27.5 Å². The van der Waals surface area contributed by atoms with E-state index >= 15 is 0 Å². The Morgan fingerprint density at radius 3 is 2.54 bits per heavy atom. The lowest BCUT2D eigenvalue weighted by atomic mass is 10.0. The summed E-state index contributed by atoms with van der Waals surface area (Å²) < 4.78 is 8.07. The van der Waals surface area contributed by atoms with Gasteiger partial charge in [0.25, 0.3) is 0 Å². The number of aromatic carboxylic acids is 1. The van der Waals surface area contributed by atoms with Gasteiger partial charge in [0, 0.05) is 21.4 Å². The van der Waals surface area contributed by atoms with Crippen molar-refractivity contribution in [2.75, 3.05) is 6.61 Å². The number of benzene rings is 2. The molecule has 0 aliphatic heterocycles. The number of nitrogens with zero attached hydrogens (tertiary/aromatic N) is 3. The molecule has 0 aliphatic rings. The predicted octanol–water partition coefficient (Wildman–Crippen LogP) is 8.92. The largest absolute Gasteiger partial charge is 0.494 e. The van der Waals surface area contributed by atoms with Gasteiger partial charge >= 0.3 is 5.97 Å². The van der Waals surface area contributed by atoms with Crippen molar-refractivity contribution in [3.63, 3.8) is 0 Å². The minimum absolute atomic E-state index is 0.00302. The number of rotatable bonds is 9. The highest BCUT2D eigenvalue weighted by Crippen LogP contribution is 2.42. The van der Waals surface area contributed by atoms with Crippen LogP contribution in [0.2, 0.25) is 15.1 Å². The number of thiazole rings is 1. The molecule has 4 aromatic rings. The van der Waals surface area contributed by atoms with E-state index in [2.05, 4.69) is 18.9 Å². The SMILES string of the molecule is CCCOc1cc(Cl)cc(-c2c(C)nn(-c3nc(-c4ccc(Cl)c(Cl)c4)c(SC(C)C)s3)c2C(=O)O)c1. The number of ether oxygens (including phenoxy) is 1.